The number of carbonyl (C=O) groups excluding carboxylic acids is 1. The third-order valence-corrected chi connectivity index (χ3v) is 3.47. The first-order valence-electron chi connectivity index (χ1n) is 7.18. The molecule has 23 heavy (non-hydrogen) atoms. The van der Waals surface area contributed by atoms with Crippen molar-refractivity contribution in [2.24, 2.45) is 7.05 Å². The maximum atomic E-state index is 12.2. The van der Waals surface area contributed by atoms with Crippen molar-refractivity contribution in [3.63, 3.8) is 0 Å². The molecule has 1 atom stereocenters. The van der Waals surface area contributed by atoms with E-state index in [2.05, 4.69) is 15.7 Å². The summed E-state index contributed by atoms with van der Waals surface area (Å²) in [7, 11) is 3.51. The standard InChI is InChI=1S/C15H19N5O3/c1-16-14(12-9-18-19(2)10-12)15(21)17-8-7-11-3-5-13(6-4-11)20(22)23/h3-6,9-10,14,16H,7-8H2,1-2H3,(H,17,21). The van der Waals surface area contributed by atoms with Gasteiger partial charge in [0.2, 0.25) is 5.91 Å². The molecule has 0 aliphatic rings. The molecule has 0 saturated heterocycles. The molecule has 8 heteroatoms. The highest BCUT2D eigenvalue weighted by Gasteiger charge is 2.19. The van der Waals surface area contributed by atoms with Crippen LogP contribution < -0.4 is 10.6 Å². The minimum absolute atomic E-state index is 0.0598. The van der Waals surface area contributed by atoms with Gasteiger partial charge in [0, 0.05) is 37.5 Å². The number of aryl methyl sites for hydroxylation is 1. The van der Waals surface area contributed by atoms with Gasteiger partial charge in [0.05, 0.1) is 11.1 Å². The number of hydrogen-bond donors (Lipinski definition) is 2. The molecule has 0 aliphatic carbocycles. The molecule has 2 aromatic rings. The minimum atomic E-state index is -0.458. The molecule has 1 amide bonds. The number of amides is 1. The van der Waals surface area contributed by atoms with Crippen molar-refractivity contribution in [1.82, 2.24) is 20.4 Å². The van der Waals surface area contributed by atoms with Crippen LogP contribution in [0.2, 0.25) is 0 Å². The van der Waals surface area contributed by atoms with Crippen LogP contribution in [0.25, 0.3) is 0 Å². The lowest BCUT2D eigenvalue weighted by Crippen LogP contribution is -2.36. The molecule has 8 nitrogen and oxygen atoms in total. The molecule has 122 valence electrons. The minimum Gasteiger partial charge on any atom is -0.354 e. The zero-order valence-electron chi connectivity index (χ0n) is 13.0. The topological polar surface area (TPSA) is 102 Å². The Morgan fingerprint density at radius 2 is 2.09 bits per heavy atom. The van der Waals surface area contributed by atoms with Crippen LogP contribution in [0.5, 0.6) is 0 Å². The molecule has 0 radical (unpaired) electrons. The number of aromatic nitrogens is 2. The van der Waals surface area contributed by atoms with E-state index < -0.39 is 11.0 Å². The first-order valence-corrected chi connectivity index (χ1v) is 7.18. The second-order valence-electron chi connectivity index (χ2n) is 5.13. The number of benzene rings is 1. The van der Waals surface area contributed by atoms with Crippen LogP contribution in [0.3, 0.4) is 0 Å². The van der Waals surface area contributed by atoms with E-state index in [1.807, 2.05) is 0 Å². The van der Waals surface area contributed by atoms with Crippen molar-refractivity contribution in [2.75, 3.05) is 13.6 Å². The molecule has 0 aliphatic heterocycles. The molecule has 1 aromatic carbocycles. The highest BCUT2D eigenvalue weighted by Crippen LogP contribution is 2.13. The van der Waals surface area contributed by atoms with Crippen LogP contribution in [0.15, 0.2) is 36.7 Å². The highest BCUT2D eigenvalue weighted by molar-refractivity contribution is 5.83. The van der Waals surface area contributed by atoms with E-state index in [0.29, 0.717) is 13.0 Å². The van der Waals surface area contributed by atoms with E-state index in [1.165, 1.54) is 12.1 Å². The maximum Gasteiger partial charge on any atom is 0.269 e. The van der Waals surface area contributed by atoms with E-state index >= 15 is 0 Å². The van der Waals surface area contributed by atoms with Gasteiger partial charge >= 0.3 is 0 Å². The summed E-state index contributed by atoms with van der Waals surface area (Å²) in [4.78, 5) is 22.4. The average molecular weight is 317 g/mol. The molecule has 0 fully saturated rings. The number of likely N-dealkylation sites (N-methyl/N-ethyl adjacent to an activating group) is 1. The number of rotatable bonds is 7. The summed E-state index contributed by atoms with van der Waals surface area (Å²) in [5.74, 6) is -0.137. The van der Waals surface area contributed by atoms with E-state index in [0.717, 1.165) is 11.1 Å². The Morgan fingerprint density at radius 1 is 1.39 bits per heavy atom. The molecule has 0 saturated carbocycles. The van der Waals surface area contributed by atoms with E-state index in [4.69, 9.17) is 0 Å². The summed E-state index contributed by atoms with van der Waals surface area (Å²) in [5, 5.41) is 20.5. The van der Waals surface area contributed by atoms with Crippen LogP contribution in [-0.2, 0) is 18.3 Å². The summed E-state index contributed by atoms with van der Waals surface area (Å²) < 4.78 is 1.64. The highest BCUT2D eigenvalue weighted by atomic mass is 16.6. The SMILES string of the molecule is CNC(C(=O)NCCc1ccc([N+](=O)[O-])cc1)c1cnn(C)c1. The summed E-state index contributed by atoms with van der Waals surface area (Å²) in [6.07, 6.45) is 4.04. The van der Waals surface area contributed by atoms with Crippen LogP contribution in [-0.4, -0.2) is 34.2 Å². The van der Waals surface area contributed by atoms with Gasteiger partial charge in [-0.25, -0.2) is 0 Å². The van der Waals surface area contributed by atoms with Crippen LogP contribution in [0, 0.1) is 10.1 Å². The van der Waals surface area contributed by atoms with Gasteiger partial charge < -0.3 is 10.6 Å². The second-order valence-corrected chi connectivity index (χ2v) is 5.13. The van der Waals surface area contributed by atoms with Gasteiger partial charge in [0.25, 0.3) is 5.69 Å². The molecule has 2 rings (SSSR count). The lowest BCUT2D eigenvalue weighted by molar-refractivity contribution is -0.384. The Kier molecular flexibility index (Phi) is 5.42. The Morgan fingerprint density at radius 3 is 2.61 bits per heavy atom. The lowest BCUT2D eigenvalue weighted by atomic mass is 10.1. The Labute approximate surface area is 133 Å². The molecular weight excluding hydrogens is 298 g/mol. The second kappa shape index (κ2) is 7.50. The summed E-state index contributed by atoms with van der Waals surface area (Å²) in [5.41, 5.74) is 1.78. The van der Waals surface area contributed by atoms with Crippen molar-refractivity contribution in [1.29, 1.82) is 0 Å². The number of nitrogens with zero attached hydrogens (tertiary/aromatic N) is 3. The number of nitro groups is 1. The zero-order chi connectivity index (χ0) is 16.8. The molecular formula is C15H19N5O3. The van der Waals surface area contributed by atoms with Crippen molar-refractivity contribution in [2.45, 2.75) is 12.5 Å². The lowest BCUT2D eigenvalue weighted by Gasteiger charge is -2.14. The number of nitro benzene ring substituents is 1. The monoisotopic (exact) mass is 317 g/mol. The predicted octanol–water partition coefficient (Wildman–Crippen LogP) is 0.948. The third-order valence-electron chi connectivity index (χ3n) is 3.47. The predicted molar refractivity (Wildman–Crippen MR) is 84.8 cm³/mol. The fourth-order valence-electron chi connectivity index (χ4n) is 2.25. The number of hydrogen-bond acceptors (Lipinski definition) is 5. The largest absolute Gasteiger partial charge is 0.354 e. The van der Waals surface area contributed by atoms with Gasteiger partial charge in [-0.15, -0.1) is 0 Å². The zero-order valence-corrected chi connectivity index (χ0v) is 13.0. The molecule has 2 N–H and O–H groups in total. The summed E-state index contributed by atoms with van der Waals surface area (Å²) >= 11 is 0. The molecule has 1 heterocycles. The van der Waals surface area contributed by atoms with Crippen molar-refractivity contribution in [3.8, 4) is 0 Å². The maximum absolute atomic E-state index is 12.2. The van der Waals surface area contributed by atoms with E-state index in [-0.39, 0.29) is 11.6 Å². The smallest absolute Gasteiger partial charge is 0.269 e. The van der Waals surface area contributed by atoms with Crippen molar-refractivity contribution >= 4 is 11.6 Å². The van der Waals surface area contributed by atoms with Crippen molar-refractivity contribution < 1.29 is 9.72 Å². The molecule has 1 aromatic heterocycles. The first-order chi connectivity index (χ1) is 11.0. The average Bonchev–Trinajstić information content (AvgIpc) is 2.95. The van der Waals surface area contributed by atoms with Crippen LogP contribution >= 0.6 is 0 Å². The Bertz CT molecular complexity index is 681. The summed E-state index contributed by atoms with van der Waals surface area (Å²) in [6.45, 7) is 0.453. The Hall–Kier alpha value is -2.74. The molecule has 0 bridgehead atoms. The quantitative estimate of drug-likeness (QED) is 0.584. The van der Waals surface area contributed by atoms with Gasteiger partial charge in [-0.1, -0.05) is 12.1 Å². The van der Waals surface area contributed by atoms with Crippen molar-refractivity contribution in [3.05, 3.63) is 57.9 Å². The number of nitrogens with one attached hydrogen (secondary N) is 2. The van der Waals surface area contributed by atoms with Gasteiger partial charge in [0.1, 0.15) is 6.04 Å². The van der Waals surface area contributed by atoms with E-state index in [9.17, 15) is 14.9 Å². The third kappa shape index (κ3) is 4.36. The van der Waals surface area contributed by atoms with Gasteiger partial charge in [0.15, 0.2) is 0 Å². The number of non-ortho nitro benzene ring substituents is 1. The number of carbonyl (C=O) groups is 1. The van der Waals surface area contributed by atoms with Gasteiger partial charge in [-0.2, -0.15) is 5.10 Å². The van der Waals surface area contributed by atoms with Gasteiger partial charge in [-0.05, 0) is 19.0 Å². The first kappa shape index (κ1) is 16.6. The van der Waals surface area contributed by atoms with Gasteiger partial charge in [-0.3, -0.25) is 19.6 Å². The molecule has 0 spiro atoms. The van der Waals surface area contributed by atoms with Crippen LogP contribution in [0.1, 0.15) is 17.2 Å². The fraction of sp³-hybridized carbons (Fsp3) is 0.333. The van der Waals surface area contributed by atoms with Crippen LogP contribution in [0.4, 0.5) is 5.69 Å². The fourth-order valence-corrected chi connectivity index (χ4v) is 2.25. The normalized spacial score (nSPS) is 11.9. The summed E-state index contributed by atoms with van der Waals surface area (Å²) in [6, 6.07) is 5.86. The van der Waals surface area contributed by atoms with E-state index in [1.54, 1.807) is 43.3 Å². The Balaban J connectivity index is 1.87. The molecule has 1 unspecified atom stereocenters.